The molecule has 4 aliphatic heterocycles. The minimum atomic E-state index is -3.21. The highest BCUT2D eigenvalue weighted by molar-refractivity contribution is 7.92. The summed E-state index contributed by atoms with van der Waals surface area (Å²) in [5.41, 5.74) is 0.653. The minimum Gasteiger partial charge on any atom is -0.379 e. The Morgan fingerprint density at radius 1 is 1.13 bits per heavy atom. The maximum absolute atomic E-state index is 14.6. The fourth-order valence-corrected chi connectivity index (χ4v) is 8.76. The fraction of sp³-hybridized carbons (Fsp3) is 0.548. The number of fused-ring (bicyclic) bond motifs is 1. The summed E-state index contributed by atoms with van der Waals surface area (Å²) in [6.45, 7) is 6.43. The lowest BCUT2D eigenvalue weighted by Gasteiger charge is -2.44. The maximum atomic E-state index is 14.6. The number of carbonyl (C=O) groups is 1. The first-order valence-corrected chi connectivity index (χ1v) is 17.6. The van der Waals surface area contributed by atoms with E-state index in [9.17, 15) is 17.6 Å². The van der Waals surface area contributed by atoms with Gasteiger partial charge in [0.25, 0.3) is 0 Å². The number of aromatic nitrogens is 5. The van der Waals surface area contributed by atoms with Crippen LogP contribution in [0.25, 0.3) is 10.8 Å². The van der Waals surface area contributed by atoms with Crippen LogP contribution in [-0.4, -0.2) is 121 Å². The van der Waals surface area contributed by atoms with E-state index < -0.39 is 27.4 Å². The van der Waals surface area contributed by atoms with Gasteiger partial charge in [-0.3, -0.25) is 4.79 Å². The number of carbonyl (C=O) groups excluding carboxylic acids is 1. The summed E-state index contributed by atoms with van der Waals surface area (Å²) in [5, 5.41) is 13.5. The predicted octanol–water partition coefficient (Wildman–Crippen LogP) is 2.22. The Morgan fingerprint density at radius 3 is 2.74 bits per heavy atom. The number of methoxy groups -OCH3 is 1. The van der Waals surface area contributed by atoms with Gasteiger partial charge in [0.05, 0.1) is 48.6 Å². The number of alkyl halides is 1. The first kappa shape index (κ1) is 31.6. The molecule has 4 atom stereocenters. The molecule has 0 radical (unpaired) electrons. The zero-order valence-electron chi connectivity index (χ0n) is 26.2. The van der Waals surface area contributed by atoms with Crippen LogP contribution >= 0.6 is 0 Å². The molecule has 0 aromatic carbocycles. The van der Waals surface area contributed by atoms with Gasteiger partial charge >= 0.3 is 0 Å². The SMILES string of the molecule is C=CC(=O)N1CCCC1c1nnc(N2CC(C3COCCS3(=O)=O)C2)c2cnc(Nc3ccnc(N4CC[C@@H](OC)[C@@H](F)C4)n3)cc12. The lowest BCUT2D eigenvalue weighted by atomic mass is 9.95. The van der Waals surface area contributed by atoms with E-state index in [1.165, 1.54) is 13.2 Å². The van der Waals surface area contributed by atoms with Crippen molar-refractivity contribution in [2.24, 2.45) is 5.92 Å². The van der Waals surface area contributed by atoms with Gasteiger partial charge in [0.2, 0.25) is 11.9 Å². The number of nitrogens with one attached hydrogen (secondary N) is 1. The lowest BCUT2D eigenvalue weighted by Crippen LogP contribution is -2.57. The van der Waals surface area contributed by atoms with Crippen LogP contribution in [0, 0.1) is 5.92 Å². The van der Waals surface area contributed by atoms with Crippen molar-refractivity contribution in [2.75, 3.05) is 73.9 Å². The molecule has 0 aliphatic carbocycles. The molecule has 47 heavy (non-hydrogen) atoms. The van der Waals surface area contributed by atoms with E-state index >= 15 is 0 Å². The van der Waals surface area contributed by atoms with Gasteiger partial charge in [-0.25, -0.2) is 22.8 Å². The Morgan fingerprint density at radius 2 is 1.98 bits per heavy atom. The Labute approximate surface area is 272 Å². The third-order valence-electron chi connectivity index (χ3n) is 9.66. The van der Waals surface area contributed by atoms with E-state index in [1.54, 1.807) is 28.3 Å². The molecule has 0 spiro atoms. The number of ether oxygens (including phenoxy) is 2. The van der Waals surface area contributed by atoms with Crippen molar-refractivity contribution in [3.05, 3.63) is 42.9 Å². The molecule has 250 valence electrons. The Hall–Kier alpha value is -4.02. The van der Waals surface area contributed by atoms with Crippen LogP contribution in [0.2, 0.25) is 0 Å². The molecule has 2 unspecified atom stereocenters. The van der Waals surface area contributed by atoms with Gasteiger partial charge in [0.1, 0.15) is 17.8 Å². The standard InChI is InChI=1S/C31H38FN9O5S/c1-3-28(42)41-9-4-5-23(41)29-20-13-27(35-26-6-8-33-31(36-26)39-10-7-24(45-2)22(32)17-39)34-14-21(20)30(38-37-29)40-15-19(16-40)25-18-46-11-12-47(25,43)44/h3,6,8,13-14,19,22-25H,1,4-5,7,9-12,15-18H2,2H3,(H,33,34,35,36)/t22-,23?,24+,25?/m0/s1. The van der Waals surface area contributed by atoms with Crippen molar-refractivity contribution < 1.29 is 27.1 Å². The first-order chi connectivity index (χ1) is 22.8. The van der Waals surface area contributed by atoms with Crippen molar-refractivity contribution in [1.82, 2.24) is 30.0 Å². The van der Waals surface area contributed by atoms with Gasteiger partial charge < -0.3 is 29.5 Å². The molecule has 4 fully saturated rings. The number of hydrogen-bond donors (Lipinski definition) is 1. The Balaban J connectivity index is 1.19. The molecule has 1 N–H and O–H groups in total. The third-order valence-corrected chi connectivity index (χ3v) is 11.8. The summed E-state index contributed by atoms with van der Waals surface area (Å²) in [6.07, 6.45) is 5.15. The molecular weight excluding hydrogens is 629 g/mol. The third kappa shape index (κ3) is 6.09. The fourth-order valence-electron chi connectivity index (χ4n) is 7.05. The molecular formula is C31H38FN9O5S. The molecule has 0 bridgehead atoms. The number of hydrogen-bond acceptors (Lipinski definition) is 13. The summed E-state index contributed by atoms with van der Waals surface area (Å²) >= 11 is 0. The van der Waals surface area contributed by atoms with E-state index in [4.69, 9.17) is 9.47 Å². The Kier molecular flexibility index (Phi) is 8.65. The highest BCUT2D eigenvalue weighted by Gasteiger charge is 2.43. The van der Waals surface area contributed by atoms with E-state index in [2.05, 4.69) is 37.0 Å². The lowest BCUT2D eigenvalue weighted by molar-refractivity contribution is -0.126. The molecule has 7 rings (SSSR count). The summed E-state index contributed by atoms with van der Waals surface area (Å²) in [5.74, 6) is 1.81. The smallest absolute Gasteiger partial charge is 0.246 e. The number of anilines is 4. The first-order valence-electron chi connectivity index (χ1n) is 15.9. The second-order valence-corrected chi connectivity index (χ2v) is 14.8. The van der Waals surface area contributed by atoms with E-state index in [0.717, 1.165) is 23.6 Å². The van der Waals surface area contributed by atoms with E-state index in [-0.39, 0.29) is 43.4 Å². The number of nitrogens with zero attached hydrogens (tertiary/aromatic N) is 8. The summed E-state index contributed by atoms with van der Waals surface area (Å²) < 4.78 is 50.7. The Bertz CT molecular complexity index is 1780. The second-order valence-electron chi connectivity index (χ2n) is 12.5. The number of piperidine rings is 1. The number of pyridine rings is 1. The number of likely N-dealkylation sites (tertiary alicyclic amines) is 1. The highest BCUT2D eigenvalue weighted by Crippen LogP contribution is 2.39. The van der Waals surface area contributed by atoms with Crippen LogP contribution in [0.5, 0.6) is 0 Å². The van der Waals surface area contributed by atoms with E-state index in [0.29, 0.717) is 61.7 Å². The topological polar surface area (TPSA) is 156 Å². The molecule has 16 heteroatoms. The van der Waals surface area contributed by atoms with Crippen LogP contribution in [0.15, 0.2) is 37.2 Å². The molecule has 7 heterocycles. The van der Waals surface area contributed by atoms with Crippen molar-refractivity contribution in [3.63, 3.8) is 0 Å². The van der Waals surface area contributed by atoms with Crippen molar-refractivity contribution in [1.29, 1.82) is 0 Å². The largest absolute Gasteiger partial charge is 0.379 e. The molecule has 1 amide bonds. The maximum Gasteiger partial charge on any atom is 0.246 e. The van der Waals surface area contributed by atoms with Crippen LogP contribution in [0.3, 0.4) is 0 Å². The molecule has 0 saturated carbocycles. The number of rotatable bonds is 8. The molecule has 3 aromatic heterocycles. The molecule has 4 aliphatic rings. The van der Waals surface area contributed by atoms with Crippen molar-refractivity contribution >= 4 is 49.9 Å². The number of amides is 1. The normalized spacial score (nSPS) is 26.3. The summed E-state index contributed by atoms with van der Waals surface area (Å²) in [7, 11) is -1.69. The van der Waals surface area contributed by atoms with Gasteiger partial charge in [0.15, 0.2) is 15.7 Å². The molecule has 3 aromatic rings. The summed E-state index contributed by atoms with van der Waals surface area (Å²) in [6, 6.07) is 3.30. The van der Waals surface area contributed by atoms with Crippen LogP contribution < -0.4 is 15.1 Å². The van der Waals surface area contributed by atoms with Gasteiger partial charge in [0, 0.05) is 62.4 Å². The van der Waals surface area contributed by atoms with E-state index in [1.807, 2.05) is 11.0 Å². The van der Waals surface area contributed by atoms with Crippen LogP contribution in [0.1, 0.15) is 31.0 Å². The quantitative estimate of drug-likeness (QED) is 0.349. The highest BCUT2D eigenvalue weighted by atomic mass is 32.2. The molecule has 14 nitrogen and oxygen atoms in total. The van der Waals surface area contributed by atoms with Gasteiger partial charge in [-0.2, -0.15) is 10.1 Å². The molecule has 4 saturated heterocycles. The second kappa shape index (κ2) is 12.9. The summed E-state index contributed by atoms with van der Waals surface area (Å²) in [4.78, 5) is 32.0. The number of sulfone groups is 1. The van der Waals surface area contributed by atoms with Gasteiger partial charge in [-0.05, 0) is 37.5 Å². The number of halogens is 1. The average Bonchev–Trinajstić information content (AvgIpc) is 3.54. The van der Waals surface area contributed by atoms with Crippen molar-refractivity contribution in [2.45, 2.75) is 42.8 Å². The zero-order valence-corrected chi connectivity index (χ0v) is 27.0. The zero-order chi connectivity index (χ0) is 32.7. The monoisotopic (exact) mass is 667 g/mol. The van der Waals surface area contributed by atoms with Gasteiger partial charge in [-0.15, -0.1) is 5.10 Å². The van der Waals surface area contributed by atoms with Gasteiger partial charge in [-0.1, -0.05) is 6.58 Å². The van der Waals surface area contributed by atoms with Crippen LogP contribution in [0.4, 0.5) is 27.8 Å². The predicted molar refractivity (Wildman–Crippen MR) is 173 cm³/mol. The average molecular weight is 668 g/mol. The van der Waals surface area contributed by atoms with Crippen molar-refractivity contribution in [3.8, 4) is 0 Å². The minimum absolute atomic E-state index is 0.0448. The van der Waals surface area contributed by atoms with Crippen LogP contribution in [-0.2, 0) is 24.1 Å².